The van der Waals surface area contributed by atoms with Gasteiger partial charge in [-0.2, -0.15) is 8.75 Å². The van der Waals surface area contributed by atoms with E-state index in [1.54, 1.807) is 0 Å². The molecule has 0 unspecified atom stereocenters. The Balaban J connectivity index is 1.83. The van der Waals surface area contributed by atoms with Crippen molar-refractivity contribution in [2.75, 3.05) is 0 Å². The molecule has 0 aliphatic heterocycles. The molecule has 0 saturated heterocycles. The predicted octanol–water partition coefficient (Wildman–Crippen LogP) is 8.90. The van der Waals surface area contributed by atoms with E-state index in [4.69, 9.17) is 8.75 Å². The number of thiophene rings is 2. The number of aromatic nitrogens is 4. The first-order valence-electron chi connectivity index (χ1n) is 12.2. The van der Waals surface area contributed by atoms with Crippen LogP contribution in [0.5, 0.6) is 0 Å². The van der Waals surface area contributed by atoms with Crippen LogP contribution in [0.15, 0.2) is 22.9 Å². The zero-order chi connectivity index (χ0) is 22.7. The summed E-state index contributed by atoms with van der Waals surface area (Å²) in [5.41, 5.74) is 7.67. The topological polar surface area (TPSA) is 35.6 Å². The molecule has 0 atom stereocenters. The van der Waals surface area contributed by atoms with Gasteiger partial charge >= 0.3 is 0 Å². The zero-order valence-corrected chi connectivity index (χ0v) is 22.2. The van der Waals surface area contributed by atoms with Gasteiger partial charge in [0, 0.05) is 23.9 Å². The summed E-state index contributed by atoms with van der Waals surface area (Å²) >= 11 is 5.07. The normalized spacial score (nSPS) is 12.9. The van der Waals surface area contributed by atoms with Crippen LogP contribution in [0.3, 0.4) is 0 Å². The van der Waals surface area contributed by atoms with Gasteiger partial charge in [0.25, 0.3) is 0 Å². The molecule has 7 heteroatoms. The third-order valence-corrected chi connectivity index (χ3v) is 10.1. The molecule has 1 aromatic carbocycles. The van der Waals surface area contributed by atoms with E-state index in [0.717, 1.165) is 24.1 Å². The van der Waals surface area contributed by atoms with Crippen molar-refractivity contribution in [2.24, 2.45) is 11.8 Å². The molecule has 0 saturated carbocycles. The van der Waals surface area contributed by atoms with E-state index in [-0.39, 0.29) is 0 Å². The molecule has 6 rings (SSSR count). The SMILES string of the molecule is CCC(CC)Cn1c2ccsc2c2c3nsnc3c3c4sccc4n(CC(CC)CC)c3c21. The highest BCUT2D eigenvalue weighted by atomic mass is 32.1. The van der Waals surface area contributed by atoms with Crippen LogP contribution in [-0.2, 0) is 13.1 Å². The summed E-state index contributed by atoms with van der Waals surface area (Å²) in [6.45, 7) is 11.4. The van der Waals surface area contributed by atoms with E-state index in [1.807, 2.05) is 22.7 Å². The summed E-state index contributed by atoms with van der Waals surface area (Å²) in [6, 6.07) is 4.63. The lowest BCUT2D eigenvalue weighted by molar-refractivity contribution is 0.427. The van der Waals surface area contributed by atoms with Gasteiger partial charge in [-0.3, -0.25) is 0 Å². The Morgan fingerprint density at radius 3 is 1.52 bits per heavy atom. The van der Waals surface area contributed by atoms with Gasteiger partial charge in [0.2, 0.25) is 0 Å². The van der Waals surface area contributed by atoms with Gasteiger partial charge in [-0.05, 0) is 34.7 Å². The first kappa shape index (κ1) is 21.6. The Kier molecular flexibility index (Phi) is 5.46. The molecule has 0 bridgehead atoms. The third-order valence-electron chi connectivity index (χ3n) is 7.72. The quantitative estimate of drug-likeness (QED) is 0.212. The number of benzene rings is 1. The van der Waals surface area contributed by atoms with Crippen molar-refractivity contribution < 1.29 is 0 Å². The van der Waals surface area contributed by atoms with E-state index < -0.39 is 0 Å². The minimum Gasteiger partial charge on any atom is -0.338 e. The van der Waals surface area contributed by atoms with Crippen molar-refractivity contribution in [2.45, 2.75) is 66.5 Å². The minimum atomic E-state index is 0.673. The second-order valence-electron chi connectivity index (χ2n) is 9.26. The maximum Gasteiger partial charge on any atom is 0.116 e. The largest absolute Gasteiger partial charge is 0.338 e. The molecule has 5 heterocycles. The molecule has 172 valence electrons. The van der Waals surface area contributed by atoms with Crippen molar-refractivity contribution in [1.29, 1.82) is 0 Å². The molecule has 0 aliphatic rings. The third kappa shape index (κ3) is 3.05. The molecule has 0 amide bonds. The van der Waals surface area contributed by atoms with E-state index in [0.29, 0.717) is 11.8 Å². The van der Waals surface area contributed by atoms with Crippen molar-refractivity contribution in [1.82, 2.24) is 17.9 Å². The van der Waals surface area contributed by atoms with Gasteiger partial charge in [0.05, 0.1) is 43.2 Å². The van der Waals surface area contributed by atoms with Gasteiger partial charge in [0.15, 0.2) is 0 Å². The van der Waals surface area contributed by atoms with Gasteiger partial charge in [-0.1, -0.05) is 53.4 Å². The molecule has 0 spiro atoms. The van der Waals surface area contributed by atoms with Crippen LogP contribution < -0.4 is 0 Å². The number of rotatable bonds is 8. The van der Waals surface area contributed by atoms with Gasteiger partial charge < -0.3 is 9.13 Å². The van der Waals surface area contributed by atoms with E-state index in [1.165, 1.54) is 79.7 Å². The lowest BCUT2D eigenvalue weighted by Crippen LogP contribution is -2.11. The van der Waals surface area contributed by atoms with Crippen LogP contribution in [0.2, 0.25) is 0 Å². The second-order valence-corrected chi connectivity index (χ2v) is 11.6. The number of nitrogens with zero attached hydrogens (tertiary/aromatic N) is 4. The highest BCUT2D eigenvalue weighted by Crippen LogP contribution is 2.47. The number of hydrogen-bond acceptors (Lipinski definition) is 5. The fourth-order valence-electron chi connectivity index (χ4n) is 5.57. The van der Waals surface area contributed by atoms with Crippen LogP contribution >= 0.6 is 34.4 Å². The van der Waals surface area contributed by atoms with Gasteiger partial charge in [-0.25, -0.2) is 0 Å². The van der Waals surface area contributed by atoms with Crippen LogP contribution in [0, 0.1) is 11.8 Å². The standard InChI is InChI=1S/C26H30N4S3/c1-5-15(6-2)13-29-17-9-11-31-25(17)19-21-22(28-33-27-21)20-24(23(19)29)30(14-16(7-3)8-4)18-10-12-32-26(18)20/h9-12,15-16H,5-8,13-14H2,1-4H3. The molecule has 0 N–H and O–H groups in total. The smallest absolute Gasteiger partial charge is 0.116 e. The first-order chi connectivity index (χ1) is 16.2. The lowest BCUT2D eigenvalue weighted by atomic mass is 10.0. The van der Waals surface area contributed by atoms with Crippen molar-refractivity contribution >= 4 is 87.7 Å². The minimum absolute atomic E-state index is 0.673. The molecule has 5 aromatic heterocycles. The Labute approximate surface area is 206 Å². The number of hydrogen-bond donors (Lipinski definition) is 0. The van der Waals surface area contributed by atoms with Crippen LogP contribution in [0.4, 0.5) is 0 Å². The average Bonchev–Trinajstić information content (AvgIpc) is 3.63. The molecular weight excluding hydrogens is 465 g/mol. The molecule has 33 heavy (non-hydrogen) atoms. The summed E-state index contributed by atoms with van der Waals surface area (Å²) in [7, 11) is 0. The Hall–Kier alpha value is -1.96. The fourth-order valence-corrected chi connectivity index (χ4v) is 8.01. The fraction of sp³-hybridized carbons (Fsp3) is 0.462. The maximum atomic E-state index is 4.87. The molecule has 0 fully saturated rings. The highest BCUT2D eigenvalue weighted by Gasteiger charge is 2.27. The van der Waals surface area contributed by atoms with Crippen LogP contribution in [0.1, 0.15) is 53.4 Å². The molecule has 0 radical (unpaired) electrons. The average molecular weight is 495 g/mol. The first-order valence-corrected chi connectivity index (χ1v) is 14.7. The van der Waals surface area contributed by atoms with Crippen LogP contribution in [0.25, 0.3) is 53.3 Å². The zero-order valence-electron chi connectivity index (χ0n) is 19.7. The Morgan fingerprint density at radius 2 is 1.12 bits per heavy atom. The van der Waals surface area contributed by atoms with Gasteiger partial charge in [0.1, 0.15) is 11.0 Å². The molecular formula is C26H30N4S3. The summed E-state index contributed by atoms with van der Waals surface area (Å²) in [4.78, 5) is 0. The summed E-state index contributed by atoms with van der Waals surface area (Å²) < 4.78 is 17.7. The molecule has 0 aliphatic carbocycles. The van der Waals surface area contributed by atoms with E-state index in [9.17, 15) is 0 Å². The Bertz CT molecular complexity index is 1470. The van der Waals surface area contributed by atoms with E-state index >= 15 is 0 Å². The molecule has 4 nitrogen and oxygen atoms in total. The lowest BCUT2D eigenvalue weighted by Gasteiger charge is -2.18. The monoisotopic (exact) mass is 494 g/mol. The summed E-state index contributed by atoms with van der Waals surface area (Å²) in [5.74, 6) is 1.35. The van der Waals surface area contributed by atoms with Crippen molar-refractivity contribution in [3.8, 4) is 0 Å². The summed E-state index contributed by atoms with van der Waals surface area (Å²) in [6.07, 6.45) is 4.81. The highest BCUT2D eigenvalue weighted by molar-refractivity contribution is 7.19. The van der Waals surface area contributed by atoms with E-state index in [2.05, 4.69) is 59.7 Å². The van der Waals surface area contributed by atoms with Crippen molar-refractivity contribution in [3.05, 3.63) is 22.9 Å². The van der Waals surface area contributed by atoms with Crippen molar-refractivity contribution in [3.63, 3.8) is 0 Å². The second kappa shape index (κ2) is 8.36. The maximum absolute atomic E-state index is 4.87. The van der Waals surface area contributed by atoms with Crippen LogP contribution in [-0.4, -0.2) is 17.9 Å². The summed E-state index contributed by atoms with van der Waals surface area (Å²) in [5, 5.41) is 7.12. The predicted molar refractivity (Wildman–Crippen MR) is 147 cm³/mol. The Morgan fingerprint density at radius 1 is 0.697 bits per heavy atom. The molecule has 6 aromatic rings. The number of fused-ring (bicyclic) bond motifs is 10. The van der Waals surface area contributed by atoms with Gasteiger partial charge in [-0.15, -0.1) is 22.7 Å².